The number of nitrogens with one attached hydrogen (secondary N) is 1. The van der Waals surface area contributed by atoms with E-state index in [4.69, 9.17) is 16.3 Å². The Morgan fingerprint density at radius 3 is 3.04 bits per heavy atom. The molecular weight excluding hydrogens is 364 g/mol. The van der Waals surface area contributed by atoms with Gasteiger partial charge in [0.05, 0.1) is 23.5 Å². The molecule has 3 heterocycles. The summed E-state index contributed by atoms with van der Waals surface area (Å²) >= 11 is 6.43. The van der Waals surface area contributed by atoms with Gasteiger partial charge in [0.1, 0.15) is 12.0 Å². The molecule has 0 saturated carbocycles. The molecule has 6 nitrogen and oxygen atoms in total. The van der Waals surface area contributed by atoms with E-state index in [1.54, 1.807) is 11.1 Å². The second-order valence-corrected chi connectivity index (χ2v) is 7.23. The zero-order chi connectivity index (χ0) is 19.2. The van der Waals surface area contributed by atoms with Gasteiger partial charge in [-0.1, -0.05) is 31.0 Å². The third kappa shape index (κ3) is 4.82. The maximum absolute atomic E-state index is 13.3. The molecule has 146 valence electrons. The van der Waals surface area contributed by atoms with Gasteiger partial charge in [-0.05, 0) is 44.4 Å². The van der Waals surface area contributed by atoms with E-state index >= 15 is 0 Å². The summed E-state index contributed by atoms with van der Waals surface area (Å²) in [6.07, 6.45) is 9.09. The first-order chi connectivity index (χ1) is 13.1. The number of urea groups is 1. The molecule has 2 aliphatic heterocycles. The maximum Gasteiger partial charge on any atom is 0.328 e. The molecule has 0 spiro atoms. The Balaban J connectivity index is 1.79. The van der Waals surface area contributed by atoms with Crippen molar-refractivity contribution in [3.05, 3.63) is 47.0 Å². The zero-order valence-electron chi connectivity index (χ0n) is 15.9. The fraction of sp³-hybridized carbons (Fsp3) is 0.500. The molecule has 27 heavy (non-hydrogen) atoms. The van der Waals surface area contributed by atoms with Crippen LogP contribution in [0.2, 0.25) is 0 Å². The van der Waals surface area contributed by atoms with Crippen LogP contribution in [0.5, 0.6) is 0 Å². The molecule has 1 N–H and O–H groups in total. The first-order valence-corrected chi connectivity index (χ1v) is 9.93. The van der Waals surface area contributed by atoms with Crippen LogP contribution < -0.4 is 5.32 Å². The van der Waals surface area contributed by atoms with Crippen LogP contribution in [0.4, 0.5) is 10.5 Å². The summed E-state index contributed by atoms with van der Waals surface area (Å²) in [5.41, 5.74) is 1.72. The Hall–Kier alpha value is -2.05. The van der Waals surface area contributed by atoms with E-state index in [1.165, 1.54) is 0 Å². The highest BCUT2D eigenvalue weighted by molar-refractivity contribution is 6.31. The van der Waals surface area contributed by atoms with Crippen LogP contribution in [0.25, 0.3) is 0 Å². The first kappa shape index (κ1) is 19.7. The number of allylic oxidation sites excluding steroid dienone is 2. The average molecular weight is 391 g/mol. The van der Waals surface area contributed by atoms with E-state index in [0.717, 1.165) is 37.1 Å². The van der Waals surface area contributed by atoms with Crippen molar-refractivity contribution in [3.8, 4) is 0 Å². The van der Waals surface area contributed by atoms with E-state index < -0.39 is 0 Å². The molecule has 3 rings (SSSR count). The fourth-order valence-corrected chi connectivity index (χ4v) is 3.46. The number of ether oxygens (including phenoxy) is 1. The fourth-order valence-electron chi connectivity index (χ4n) is 3.22. The molecule has 0 aromatic carbocycles. The largest absolute Gasteiger partial charge is 0.358 e. The quantitative estimate of drug-likeness (QED) is 0.807. The number of unbranched alkanes of at least 4 members (excludes halogenated alkanes) is 1. The Morgan fingerprint density at radius 2 is 2.30 bits per heavy atom. The summed E-state index contributed by atoms with van der Waals surface area (Å²) in [4.78, 5) is 21.1. The average Bonchev–Trinajstić information content (AvgIpc) is 2.69. The predicted molar refractivity (Wildman–Crippen MR) is 107 cm³/mol. The summed E-state index contributed by atoms with van der Waals surface area (Å²) < 4.78 is 5.88. The van der Waals surface area contributed by atoms with Crippen molar-refractivity contribution in [2.24, 2.45) is 0 Å². The summed E-state index contributed by atoms with van der Waals surface area (Å²) in [7, 11) is 0. The second-order valence-electron chi connectivity index (χ2n) is 6.82. The van der Waals surface area contributed by atoms with Gasteiger partial charge in [-0.2, -0.15) is 0 Å². The minimum atomic E-state index is -0.168. The molecule has 0 bridgehead atoms. The van der Waals surface area contributed by atoms with Crippen LogP contribution in [0.1, 0.15) is 38.3 Å². The molecule has 2 amide bonds. The molecule has 2 aliphatic rings. The number of rotatable bonds is 5. The lowest BCUT2D eigenvalue weighted by Gasteiger charge is -2.40. The van der Waals surface area contributed by atoms with E-state index in [0.29, 0.717) is 30.5 Å². The molecule has 0 aliphatic carbocycles. The molecule has 1 aromatic heterocycles. The van der Waals surface area contributed by atoms with E-state index in [2.05, 4.69) is 17.2 Å². The Bertz CT molecular complexity index is 717. The van der Waals surface area contributed by atoms with Gasteiger partial charge in [0, 0.05) is 18.8 Å². The molecule has 1 fully saturated rings. The van der Waals surface area contributed by atoms with E-state index in [-0.39, 0.29) is 12.3 Å². The van der Waals surface area contributed by atoms with Gasteiger partial charge >= 0.3 is 6.03 Å². The number of amides is 2. The van der Waals surface area contributed by atoms with E-state index in [1.807, 2.05) is 36.1 Å². The van der Waals surface area contributed by atoms with Crippen LogP contribution in [-0.2, 0) is 4.74 Å². The number of pyridine rings is 1. The summed E-state index contributed by atoms with van der Waals surface area (Å²) in [6.45, 7) is 5.94. The Morgan fingerprint density at radius 1 is 1.44 bits per heavy atom. The Labute approximate surface area is 165 Å². The van der Waals surface area contributed by atoms with Crippen molar-refractivity contribution in [1.29, 1.82) is 0 Å². The second kappa shape index (κ2) is 9.24. The molecule has 1 saturated heterocycles. The normalized spacial score (nSPS) is 20.2. The number of carbonyl (C=O) groups excluding carboxylic acids is 1. The van der Waals surface area contributed by atoms with Gasteiger partial charge < -0.3 is 10.1 Å². The third-order valence-electron chi connectivity index (χ3n) is 4.70. The van der Waals surface area contributed by atoms with Crippen LogP contribution in [0.3, 0.4) is 0 Å². The predicted octanol–water partition coefficient (Wildman–Crippen LogP) is 4.44. The maximum atomic E-state index is 13.3. The summed E-state index contributed by atoms with van der Waals surface area (Å²) in [5, 5.41) is 3.76. The minimum absolute atomic E-state index is 0.0825. The lowest BCUT2D eigenvalue weighted by Crippen LogP contribution is -2.52. The standard InChI is InChI=1S/C20H27ClN4O2/c1-3-4-8-18-24(12-6-13-27-18)20(26)25-11-5-7-17(21)19(25)23-16-10-9-15(2)22-14-16/h5,7,9-10,14,18,23H,3-4,6,8,11-13H2,1-2H3. The van der Waals surface area contributed by atoms with Gasteiger partial charge in [0.2, 0.25) is 0 Å². The highest BCUT2D eigenvalue weighted by Gasteiger charge is 2.33. The lowest BCUT2D eigenvalue weighted by molar-refractivity contribution is -0.0803. The van der Waals surface area contributed by atoms with Gasteiger partial charge in [0.15, 0.2) is 0 Å². The smallest absolute Gasteiger partial charge is 0.328 e. The summed E-state index contributed by atoms with van der Waals surface area (Å²) in [5.74, 6) is 0.578. The van der Waals surface area contributed by atoms with Gasteiger partial charge in [-0.3, -0.25) is 14.8 Å². The number of halogens is 1. The van der Waals surface area contributed by atoms with Gasteiger partial charge in [-0.15, -0.1) is 0 Å². The molecular formula is C20H27ClN4O2. The van der Waals surface area contributed by atoms with Crippen molar-refractivity contribution in [1.82, 2.24) is 14.8 Å². The highest BCUT2D eigenvalue weighted by Crippen LogP contribution is 2.26. The number of hydrogen-bond donors (Lipinski definition) is 1. The molecule has 7 heteroatoms. The van der Waals surface area contributed by atoms with Crippen LogP contribution in [-0.4, -0.2) is 46.7 Å². The number of anilines is 1. The summed E-state index contributed by atoms with van der Waals surface area (Å²) in [6, 6.07) is 3.76. The number of hydrogen-bond acceptors (Lipinski definition) is 4. The van der Waals surface area contributed by atoms with Crippen molar-refractivity contribution >= 4 is 23.3 Å². The van der Waals surface area contributed by atoms with Crippen molar-refractivity contribution in [2.75, 3.05) is 25.0 Å². The topological polar surface area (TPSA) is 57.7 Å². The van der Waals surface area contributed by atoms with Crippen molar-refractivity contribution in [3.63, 3.8) is 0 Å². The first-order valence-electron chi connectivity index (χ1n) is 9.56. The van der Waals surface area contributed by atoms with Gasteiger partial charge in [0.25, 0.3) is 0 Å². The molecule has 1 aromatic rings. The van der Waals surface area contributed by atoms with Crippen LogP contribution >= 0.6 is 11.6 Å². The Kier molecular flexibility index (Phi) is 6.74. The monoisotopic (exact) mass is 390 g/mol. The van der Waals surface area contributed by atoms with Crippen LogP contribution in [0.15, 0.2) is 41.3 Å². The number of carbonyl (C=O) groups is 1. The highest BCUT2D eigenvalue weighted by atomic mass is 35.5. The SMILES string of the molecule is CCCCC1OCCCN1C(=O)N1CC=CC(Cl)=C1Nc1ccc(C)nc1. The number of nitrogens with zero attached hydrogens (tertiary/aromatic N) is 3. The van der Waals surface area contributed by atoms with Crippen molar-refractivity contribution < 1.29 is 9.53 Å². The van der Waals surface area contributed by atoms with Gasteiger partial charge in [-0.25, -0.2) is 4.79 Å². The number of aromatic nitrogens is 1. The van der Waals surface area contributed by atoms with Crippen LogP contribution in [0, 0.1) is 6.92 Å². The van der Waals surface area contributed by atoms with Crippen molar-refractivity contribution in [2.45, 2.75) is 45.8 Å². The number of aryl methyl sites for hydroxylation is 1. The van der Waals surface area contributed by atoms with E-state index in [9.17, 15) is 4.79 Å². The molecule has 1 atom stereocenters. The molecule has 0 radical (unpaired) electrons. The molecule has 1 unspecified atom stereocenters. The zero-order valence-corrected chi connectivity index (χ0v) is 16.7. The minimum Gasteiger partial charge on any atom is -0.358 e. The third-order valence-corrected chi connectivity index (χ3v) is 5.01. The lowest BCUT2D eigenvalue weighted by atomic mass is 10.2.